The summed E-state index contributed by atoms with van der Waals surface area (Å²) in [4.78, 5) is 53.7. The molecule has 28 heavy (non-hydrogen) atoms. The number of hydrogen-bond donors (Lipinski definition) is 1. The third-order valence-corrected chi connectivity index (χ3v) is 7.10. The van der Waals surface area contributed by atoms with Gasteiger partial charge in [0.15, 0.2) is 0 Å². The molecule has 3 fully saturated rings. The molecule has 0 unspecified atom stereocenters. The Morgan fingerprint density at radius 3 is 1.82 bits per heavy atom. The average molecular weight is 391 g/mol. The van der Waals surface area contributed by atoms with Gasteiger partial charge >= 0.3 is 0 Å². The Morgan fingerprint density at radius 2 is 1.36 bits per heavy atom. The van der Waals surface area contributed by atoms with Crippen LogP contribution >= 0.6 is 0 Å². The van der Waals surface area contributed by atoms with Gasteiger partial charge in [0.25, 0.3) is 0 Å². The maximum Gasteiger partial charge on any atom is 0.242 e. The van der Waals surface area contributed by atoms with Crippen LogP contribution in [0.5, 0.6) is 0 Å². The largest absolute Gasteiger partial charge is 0.295 e. The molecule has 2 atom stereocenters. The molecule has 2 aliphatic heterocycles. The third-order valence-electron chi connectivity index (χ3n) is 7.10. The van der Waals surface area contributed by atoms with Crippen LogP contribution in [0.4, 0.5) is 0 Å². The highest BCUT2D eigenvalue weighted by Gasteiger charge is 2.65. The van der Waals surface area contributed by atoms with E-state index in [1.54, 1.807) is 0 Å². The molecular formula is C22H34N2O4. The Bertz CT molecular complexity index is 594. The molecule has 2 saturated heterocycles. The van der Waals surface area contributed by atoms with Crippen molar-refractivity contribution in [2.75, 3.05) is 6.54 Å². The second kappa shape index (κ2) is 8.75. The minimum atomic E-state index is -0.908. The highest BCUT2D eigenvalue weighted by Crippen LogP contribution is 2.52. The lowest BCUT2D eigenvalue weighted by Crippen LogP contribution is -2.71. The minimum absolute atomic E-state index is 0.291. The van der Waals surface area contributed by atoms with Crippen LogP contribution in [0, 0.1) is 23.2 Å². The molecule has 1 saturated carbocycles. The number of carbonyl (C=O) groups excluding carboxylic acids is 4. The van der Waals surface area contributed by atoms with Crippen molar-refractivity contribution in [2.24, 2.45) is 23.2 Å². The van der Waals surface area contributed by atoms with E-state index in [4.69, 9.17) is 0 Å². The number of fused-ring (bicyclic) bond motifs is 2. The first kappa shape index (κ1) is 21.0. The number of piperidine rings is 2. The number of hydrogen-bond acceptors (Lipinski definition) is 4. The van der Waals surface area contributed by atoms with Crippen LogP contribution < -0.4 is 5.32 Å². The molecule has 156 valence electrons. The summed E-state index contributed by atoms with van der Waals surface area (Å²) in [7, 11) is 0. The Balaban J connectivity index is 1.96. The summed E-state index contributed by atoms with van der Waals surface area (Å²) in [5.74, 6) is -3.27. The lowest BCUT2D eigenvalue weighted by molar-refractivity contribution is -0.180. The van der Waals surface area contributed by atoms with Crippen molar-refractivity contribution in [1.29, 1.82) is 0 Å². The smallest absolute Gasteiger partial charge is 0.242 e. The van der Waals surface area contributed by atoms with Crippen molar-refractivity contribution in [3.63, 3.8) is 0 Å². The van der Waals surface area contributed by atoms with E-state index < -0.39 is 29.1 Å². The zero-order chi connectivity index (χ0) is 20.3. The van der Waals surface area contributed by atoms with Gasteiger partial charge in [0.1, 0.15) is 11.8 Å². The summed E-state index contributed by atoms with van der Waals surface area (Å²) in [6.45, 7) is 4.46. The zero-order valence-corrected chi connectivity index (χ0v) is 17.3. The van der Waals surface area contributed by atoms with Gasteiger partial charge in [-0.1, -0.05) is 58.8 Å². The molecule has 6 nitrogen and oxygen atoms in total. The highest BCUT2D eigenvalue weighted by atomic mass is 16.2. The third kappa shape index (κ3) is 3.62. The van der Waals surface area contributed by atoms with Gasteiger partial charge in [-0.15, -0.1) is 0 Å². The summed E-state index contributed by atoms with van der Waals surface area (Å²) in [6.07, 6.45) is 10.00. The van der Waals surface area contributed by atoms with Crippen molar-refractivity contribution in [3.8, 4) is 0 Å². The van der Waals surface area contributed by atoms with Gasteiger partial charge in [0.2, 0.25) is 23.6 Å². The van der Waals surface area contributed by atoms with E-state index in [1.807, 2.05) is 13.8 Å². The summed E-state index contributed by atoms with van der Waals surface area (Å²) < 4.78 is 0. The molecular weight excluding hydrogens is 356 g/mol. The minimum Gasteiger partial charge on any atom is -0.295 e. The first-order valence-corrected chi connectivity index (χ1v) is 11.2. The molecule has 0 aromatic carbocycles. The van der Waals surface area contributed by atoms with Crippen LogP contribution in [0.1, 0.15) is 84.5 Å². The van der Waals surface area contributed by atoms with Crippen molar-refractivity contribution in [3.05, 3.63) is 0 Å². The molecule has 0 radical (unpaired) electrons. The van der Waals surface area contributed by atoms with E-state index in [0.717, 1.165) is 51.4 Å². The van der Waals surface area contributed by atoms with Crippen molar-refractivity contribution >= 4 is 23.6 Å². The highest BCUT2D eigenvalue weighted by molar-refractivity contribution is 6.22. The van der Waals surface area contributed by atoms with E-state index in [-0.39, 0.29) is 11.8 Å². The summed E-state index contributed by atoms with van der Waals surface area (Å²) in [5, 5.41) is 2.33. The number of nitrogens with one attached hydrogen (secondary N) is 1. The van der Waals surface area contributed by atoms with Crippen LogP contribution in [-0.4, -0.2) is 35.1 Å². The summed E-state index contributed by atoms with van der Waals surface area (Å²) in [6, 6.07) is 0. The molecule has 3 aliphatic rings. The second-order valence-corrected chi connectivity index (χ2v) is 8.95. The SMILES string of the molecule is CCCCC1(CCCC)[C@@H]2C(=O)NC(=O)[C@H]1C(=O)N(CC1CCCCC1)C2=O. The van der Waals surface area contributed by atoms with E-state index in [1.165, 1.54) is 11.3 Å². The number of rotatable bonds is 8. The molecule has 4 amide bonds. The number of carbonyl (C=O) groups is 4. The molecule has 2 bridgehead atoms. The molecule has 3 rings (SSSR count). The van der Waals surface area contributed by atoms with Gasteiger partial charge in [0.05, 0.1) is 0 Å². The Hall–Kier alpha value is -1.72. The van der Waals surface area contributed by atoms with Gasteiger partial charge in [-0.05, 0) is 31.6 Å². The van der Waals surface area contributed by atoms with Crippen LogP contribution in [0.25, 0.3) is 0 Å². The Labute approximate surface area is 167 Å². The van der Waals surface area contributed by atoms with E-state index in [0.29, 0.717) is 25.3 Å². The molecule has 0 aromatic rings. The number of likely N-dealkylation sites (tertiary alicyclic amines) is 1. The van der Waals surface area contributed by atoms with Crippen LogP contribution in [0.15, 0.2) is 0 Å². The van der Waals surface area contributed by atoms with E-state index in [2.05, 4.69) is 5.32 Å². The molecule has 1 N–H and O–H groups in total. The van der Waals surface area contributed by atoms with Gasteiger partial charge in [-0.25, -0.2) is 0 Å². The molecule has 6 heteroatoms. The lowest BCUT2D eigenvalue weighted by Gasteiger charge is -2.52. The molecule has 0 spiro atoms. The van der Waals surface area contributed by atoms with Crippen molar-refractivity contribution in [1.82, 2.24) is 10.2 Å². The number of unbranched alkanes of at least 4 members (excludes halogenated alkanes) is 2. The maximum atomic E-state index is 13.4. The van der Waals surface area contributed by atoms with Gasteiger partial charge in [0, 0.05) is 12.0 Å². The first-order chi connectivity index (χ1) is 13.5. The van der Waals surface area contributed by atoms with Crippen LogP contribution in [-0.2, 0) is 19.2 Å². The first-order valence-electron chi connectivity index (χ1n) is 11.2. The zero-order valence-electron chi connectivity index (χ0n) is 17.3. The van der Waals surface area contributed by atoms with Gasteiger partial charge in [-0.3, -0.25) is 29.4 Å². The fourth-order valence-electron chi connectivity index (χ4n) is 5.61. The van der Waals surface area contributed by atoms with Crippen LogP contribution in [0.2, 0.25) is 0 Å². The fraction of sp³-hybridized carbons (Fsp3) is 0.818. The van der Waals surface area contributed by atoms with Gasteiger partial charge in [-0.2, -0.15) is 0 Å². The fourth-order valence-corrected chi connectivity index (χ4v) is 5.61. The predicted octanol–water partition coefficient (Wildman–Crippen LogP) is 3.19. The standard InChI is InChI=1S/C22H34N2O4/c1-3-5-12-22(13-6-4-2)16-18(25)23-19(26)17(22)21(28)24(20(16)27)14-15-10-8-7-9-11-15/h15-17H,3-14H2,1-2H3,(H,23,25,26)/t16-,17+. The second-order valence-electron chi connectivity index (χ2n) is 8.95. The number of imide groups is 2. The number of amides is 4. The maximum absolute atomic E-state index is 13.4. The van der Waals surface area contributed by atoms with E-state index >= 15 is 0 Å². The van der Waals surface area contributed by atoms with Crippen molar-refractivity contribution < 1.29 is 19.2 Å². The van der Waals surface area contributed by atoms with Crippen molar-refractivity contribution in [2.45, 2.75) is 84.5 Å². The monoisotopic (exact) mass is 390 g/mol. The summed E-state index contributed by atoms with van der Waals surface area (Å²) in [5.41, 5.74) is -0.845. The average Bonchev–Trinajstić information content (AvgIpc) is 2.68. The normalized spacial score (nSPS) is 27.9. The Morgan fingerprint density at radius 1 is 0.857 bits per heavy atom. The molecule has 2 heterocycles. The van der Waals surface area contributed by atoms with Gasteiger partial charge < -0.3 is 0 Å². The topological polar surface area (TPSA) is 83.6 Å². The molecule has 0 aromatic heterocycles. The predicted molar refractivity (Wildman–Crippen MR) is 105 cm³/mol. The molecule has 1 aliphatic carbocycles. The number of nitrogens with zero attached hydrogens (tertiary/aromatic N) is 1. The quantitative estimate of drug-likeness (QED) is 0.510. The van der Waals surface area contributed by atoms with E-state index in [9.17, 15) is 19.2 Å². The summed E-state index contributed by atoms with van der Waals surface area (Å²) >= 11 is 0. The van der Waals surface area contributed by atoms with Crippen LogP contribution in [0.3, 0.4) is 0 Å². The lowest BCUT2D eigenvalue weighted by atomic mass is 9.56. The Kier molecular flexibility index (Phi) is 6.56.